The van der Waals surface area contributed by atoms with Crippen LogP contribution >= 0.6 is 0 Å². The molecular formula is C16H22N6. The Labute approximate surface area is 131 Å². The van der Waals surface area contributed by atoms with Crippen LogP contribution in [0.3, 0.4) is 0 Å². The zero-order valence-corrected chi connectivity index (χ0v) is 12.9. The summed E-state index contributed by atoms with van der Waals surface area (Å²) in [6.07, 6.45) is 4.75. The van der Waals surface area contributed by atoms with Crippen LogP contribution in [0.2, 0.25) is 0 Å². The fourth-order valence-electron chi connectivity index (χ4n) is 2.53. The van der Waals surface area contributed by atoms with E-state index in [-0.39, 0.29) is 0 Å². The largest absolute Gasteiger partial charge is 0.370 e. The van der Waals surface area contributed by atoms with E-state index in [0.717, 1.165) is 56.7 Å². The van der Waals surface area contributed by atoms with E-state index in [0.29, 0.717) is 0 Å². The zero-order valence-electron chi connectivity index (χ0n) is 12.9. The first-order valence-corrected chi connectivity index (χ1v) is 7.84. The number of rotatable bonds is 5. The molecular weight excluding hydrogens is 276 g/mol. The molecule has 3 rings (SSSR count). The van der Waals surface area contributed by atoms with Crippen molar-refractivity contribution in [1.82, 2.24) is 15.0 Å². The molecule has 1 aliphatic rings. The van der Waals surface area contributed by atoms with Crippen LogP contribution in [0.25, 0.3) is 0 Å². The summed E-state index contributed by atoms with van der Waals surface area (Å²) in [4.78, 5) is 18.0. The molecule has 0 amide bonds. The summed E-state index contributed by atoms with van der Waals surface area (Å²) >= 11 is 0. The molecule has 0 bridgehead atoms. The van der Waals surface area contributed by atoms with Crippen molar-refractivity contribution >= 4 is 17.6 Å². The van der Waals surface area contributed by atoms with Gasteiger partial charge in [-0.2, -0.15) is 4.98 Å². The maximum absolute atomic E-state index is 4.60. The van der Waals surface area contributed by atoms with E-state index in [9.17, 15) is 0 Å². The van der Waals surface area contributed by atoms with Crippen molar-refractivity contribution in [2.75, 3.05) is 47.8 Å². The normalized spacial score (nSPS) is 15.0. The Morgan fingerprint density at radius 1 is 1.00 bits per heavy atom. The summed E-state index contributed by atoms with van der Waals surface area (Å²) in [5.41, 5.74) is 0. The minimum Gasteiger partial charge on any atom is -0.370 e. The lowest BCUT2D eigenvalue weighted by Gasteiger charge is -2.35. The second-order valence-electron chi connectivity index (χ2n) is 5.33. The van der Waals surface area contributed by atoms with Crippen molar-refractivity contribution in [1.29, 1.82) is 0 Å². The fourth-order valence-corrected chi connectivity index (χ4v) is 2.53. The van der Waals surface area contributed by atoms with Crippen LogP contribution in [0.1, 0.15) is 13.3 Å². The molecule has 2 aromatic rings. The van der Waals surface area contributed by atoms with Gasteiger partial charge in [-0.1, -0.05) is 13.0 Å². The summed E-state index contributed by atoms with van der Waals surface area (Å²) in [6, 6.07) is 7.95. The lowest BCUT2D eigenvalue weighted by Crippen LogP contribution is -2.47. The summed E-state index contributed by atoms with van der Waals surface area (Å²) in [5, 5.41) is 3.31. The first-order valence-electron chi connectivity index (χ1n) is 7.84. The predicted molar refractivity (Wildman–Crippen MR) is 89.5 cm³/mol. The third-order valence-corrected chi connectivity index (χ3v) is 3.73. The highest BCUT2D eigenvalue weighted by Gasteiger charge is 2.19. The molecule has 22 heavy (non-hydrogen) atoms. The fraction of sp³-hybridized carbons (Fsp3) is 0.438. The molecule has 1 saturated heterocycles. The van der Waals surface area contributed by atoms with Crippen LogP contribution in [-0.2, 0) is 0 Å². The molecule has 0 spiro atoms. The summed E-state index contributed by atoms with van der Waals surface area (Å²) < 4.78 is 0. The molecule has 3 heterocycles. The first-order chi connectivity index (χ1) is 10.9. The van der Waals surface area contributed by atoms with E-state index >= 15 is 0 Å². The molecule has 0 aliphatic carbocycles. The van der Waals surface area contributed by atoms with E-state index in [4.69, 9.17) is 0 Å². The highest BCUT2D eigenvalue weighted by Crippen LogP contribution is 2.16. The number of anilines is 3. The van der Waals surface area contributed by atoms with E-state index in [1.807, 2.05) is 30.6 Å². The van der Waals surface area contributed by atoms with E-state index < -0.39 is 0 Å². The van der Waals surface area contributed by atoms with E-state index in [1.165, 1.54) is 0 Å². The van der Waals surface area contributed by atoms with Gasteiger partial charge < -0.3 is 15.1 Å². The monoisotopic (exact) mass is 298 g/mol. The number of nitrogens with one attached hydrogen (secondary N) is 1. The van der Waals surface area contributed by atoms with Crippen molar-refractivity contribution in [3.63, 3.8) is 0 Å². The SMILES string of the molecule is CCCNc1ccnc(N2CCN(c3ccccn3)CC2)n1. The summed E-state index contributed by atoms with van der Waals surface area (Å²) in [6.45, 7) is 6.78. The second-order valence-corrected chi connectivity index (χ2v) is 5.33. The van der Waals surface area contributed by atoms with Crippen molar-refractivity contribution in [2.45, 2.75) is 13.3 Å². The van der Waals surface area contributed by atoms with Crippen molar-refractivity contribution in [2.24, 2.45) is 0 Å². The molecule has 2 aromatic heterocycles. The van der Waals surface area contributed by atoms with Crippen LogP contribution < -0.4 is 15.1 Å². The average molecular weight is 298 g/mol. The molecule has 0 saturated carbocycles. The smallest absolute Gasteiger partial charge is 0.227 e. The van der Waals surface area contributed by atoms with Crippen molar-refractivity contribution < 1.29 is 0 Å². The van der Waals surface area contributed by atoms with Gasteiger partial charge in [0, 0.05) is 45.1 Å². The van der Waals surface area contributed by atoms with Crippen LogP contribution in [0.5, 0.6) is 0 Å². The summed E-state index contributed by atoms with van der Waals surface area (Å²) in [7, 11) is 0. The standard InChI is InChI=1S/C16H22N6/c1-2-7-17-14-6-9-19-16(20-14)22-12-10-21(11-13-22)15-5-3-4-8-18-15/h3-6,8-9H,2,7,10-13H2,1H3,(H,17,19,20). The van der Waals surface area contributed by atoms with Gasteiger partial charge in [0.25, 0.3) is 0 Å². The number of pyridine rings is 1. The second kappa shape index (κ2) is 7.06. The highest BCUT2D eigenvalue weighted by atomic mass is 15.3. The molecule has 6 heteroatoms. The molecule has 116 valence electrons. The molecule has 0 radical (unpaired) electrons. The Morgan fingerprint density at radius 2 is 1.82 bits per heavy atom. The lowest BCUT2D eigenvalue weighted by molar-refractivity contribution is 0.635. The summed E-state index contributed by atoms with van der Waals surface area (Å²) in [5.74, 6) is 2.75. The molecule has 0 aromatic carbocycles. The highest BCUT2D eigenvalue weighted by molar-refractivity contribution is 5.44. The maximum atomic E-state index is 4.60. The minimum atomic E-state index is 0.807. The third-order valence-electron chi connectivity index (χ3n) is 3.73. The number of hydrogen-bond donors (Lipinski definition) is 1. The molecule has 1 N–H and O–H groups in total. The van der Waals surface area contributed by atoms with Gasteiger partial charge in [-0.05, 0) is 24.6 Å². The van der Waals surface area contributed by atoms with Crippen LogP contribution in [0.4, 0.5) is 17.6 Å². The minimum absolute atomic E-state index is 0.807. The van der Waals surface area contributed by atoms with E-state index in [1.54, 1.807) is 0 Å². The van der Waals surface area contributed by atoms with Crippen LogP contribution in [-0.4, -0.2) is 47.7 Å². The van der Waals surface area contributed by atoms with Gasteiger partial charge in [0.05, 0.1) is 0 Å². The first kappa shape index (κ1) is 14.6. The van der Waals surface area contributed by atoms with Gasteiger partial charge in [0.1, 0.15) is 11.6 Å². The van der Waals surface area contributed by atoms with Crippen molar-refractivity contribution in [3.05, 3.63) is 36.7 Å². The van der Waals surface area contributed by atoms with Gasteiger partial charge in [-0.3, -0.25) is 0 Å². The predicted octanol–water partition coefficient (Wildman–Crippen LogP) is 2.02. The Kier molecular flexibility index (Phi) is 4.68. The van der Waals surface area contributed by atoms with Gasteiger partial charge in [-0.25, -0.2) is 9.97 Å². The topological polar surface area (TPSA) is 57.2 Å². The number of piperazine rings is 1. The maximum Gasteiger partial charge on any atom is 0.227 e. The van der Waals surface area contributed by atoms with Crippen molar-refractivity contribution in [3.8, 4) is 0 Å². The Balaban J connectivity index is 1.61. The third kappa shape index (κ3) is 3.44. The molecule has 0 atom stereocenters. The Bertz CT molecular complexity index is 580. The van der Waals surface area contributed by atoms with Gasteiger partial charge in [0.15, 0.2) is 0 Å². The Morgan fingerprint density at radius 3 is 2.55 bits per heavy atom. The molecule has 1 aliphatic heterocycles. The van der Waals surface area contributed by atoms with Gasteiger partial charge in [-0.15, -0.1) is 0 Å². The molecule has 6 nitrogen and oxygen atoms in total. The molecule has 0 unspecified atom stereocenters. The quantitative estimate of drug-likeness (QED) is 0.911. The Hall–Kier alpha value is -2.37. The number of hydrogen-bond acceptors (Lipinski definition) is 6. The van der Waals surface area contributed by atoms with Crippen LogP contribution in [0, 0.1) is 0 Å². The van der Waals surface area contributed by atoms with Gasteiger partial charge >= 0.3 is 0 Å². The van der Waals surface area contributed by atoms with Gasteiger partial charge in [0.2, 0.25) is 5.95 Å². The van der Waals surface area contributed by atoms with Crippen LogP contribution in [0.15, 0.2) is 36.7 Å². The zero-order chi connectivity index (χ0) is 15.2. The average Bonchev–Trinajstić information content (AvgIpc) is 2.61. The number of aromatic nitrogens is 3. The number of nitrogens with zero attached hydrogens (tertiary/aromatic N) is 5. The lowest BCUT2D eigenvalue weighted by atomic mass is 10.3. The van der Waals surface area contributed by atoms with E-state index in [2.05, 4.69) is 43.1 Å². The molecule has 1 fully saturated rings.